The second-order valence-electron chi connectivity index (χ2n) is 6.50. The van der Waals surface area contributed by atoms with E-state index in [9.17, 15) is 14.4 Å². The zero-order valence-electron chi connectivity index (χ0n) is 14.6. The van der Waals surface area contributed by atoms with E-state index in [1.807, 2.05) is 18.2 Å². The summed E-state index contributed by atoms with van der Waals surface area (Å²) in [4.78, 5) is 36.7. The van der Waals surface area contributed by atoms with Crippen LogP contribution in [-0.4, -0.2) is 37.5 Å². The Balaban J connectivity index is 1.39. The van der Waals surface area contributed by atoms with Gasteiger partial charge in [0.25, 0.3) is 5.91 Å². The molecule has 7 nitrogen and oxygen atoms in total. The molecule has 2 aromatic carbocycles. The van der Waals surface area contributed by atoms with Crippen LogP contribution >= 0.6 is 0 Å². The summed E-state index contributed by atoms with van der Waals surface area (Å²) in [5, 5.41) is 5.13. The highest BCUT2D eigenvalue weighted by Gasteiger charge is 2.28. The van der Waals surface area contributed by atoms with Crippen LogP contribution in [0.3, 0.4) is 0 Å². The molecule has 0 bridgehead atoms. The van der Waals surface area contributed by atoms with Crippen LogP contribution in [0.5, 0.6) is 0 Å². The second kappa shape index (κ2) is 7.20. The molecule has 0 radical (unpaired) electrons. The monoisotopic (exact) mass is 365 g/mol. The number of hydrogen-bond donors (Lipinski definition) is 2. The number of benzene rings is 2. The number of fused-ring (bicyclic) bond motifs is 1. The molecule has 4 amide bonds. The van der Waals surface area contributed by atoms with E-state index in [1.165, 1.54) is 10.5 Å². The number of nitrogens with one attached hydrogen (secondary N) is 2. The molecule has 2 aliphatic heterocycles. The van der Waals surface area contributed by atoms with E-state index in [2.05, 4.69) is 16.7 Å². The van der Waals surface area contributed by atoms with Crippen LogP contribution in [0.4, 0.5) is 10.5 Å². The highest BCUT2D eigenvalue weighted by Crippen LogP contribution is 2.26. The van der Waals surface area contributed by atoms with Crippen molar-refractivity contribution in [2.75, 3.05) is 24.6 Å². The standard InChI is InChI=1S/C20H19N3O4/c24-18-12-23(20(26)22-18)15-7-5-14(6-8-15)19(25)21-11-17-16-4-2-1-3-13(16)9-10-27-17/h1-8,17H,9-12H2,(H,21,25)(H,22,24,26)/t17-/m1/s1. The second-order valence-corrected chi connectivity index (χ2v) is 6.50. The van der Waals surface area contributed by atoms with Crippen LogP contribution in [0.1, 0.15) is 27.6 Å². The number of rotatable bonds is 4. The van der Waals surface area contributed by atoms with E-state index < -0.39 is 6.03 Å². The van der Waals surface area contributed by atoms with Gasteiger partial charge in [-0.1, -0.05) is 24.3 Å². The van der Waals surface area contributed by atoms with Crippen LogP contribution < -0.4 is 15.5 Å². The lowest BCUT2D eigenvalue weighted by molar-refractivity contribution is -0.117. The lowest BCUT2D eigenvalue weighted by Crippen LogP contribution is -2.32. The summed E-state index contributed by atoms with van der Waals surface area (Å²) < 4.78 is 5.80. The highest BCUT2D eigenvalue weighted by molar-refractivity contribution is 6.12. The molecule has 0 aromatic heterocycles. The number of amides is 4. The molecule has 2 heterocycles. The van der Waals surface area contributed by atoms with E-state index in [-0.39, 0.29) is 24.5 Å². The number of hydrogen-bond acceptors (Lipinski definition) is 4. The van der Waals surface area contributed by atoms with Gasteiger partial charge in [-0.2, -0.15) is 0 Å². The number of carbonyl (C=O) groups excluding carboxylic acids is 3. The molecule has 138 valence electrons. The van der Waals surface area contributed by atoms with Crippen LogP contribution in [-0.2, 0) is 16.0 Å². The van der Waals surface area contributed by atoms with Crippen molar-refractivity contribution in [3.8, 4) is 0 Å². The Bertz CT molecular complexity index is 894. The Morgan fingerprint density at radius 2 is 1.93 bits per heavy atom. The van der Waals surface area contributed by atoms with E-state index in [0.29, 0.717) is 24.4 Å². The summed E-state index contributed by atoms with van der Waals surface area (Å²) >= 11 is 0. The van der Waals surface area contributed by atoms with Gasteiger partial charge in [-0.15, -0.1) is 0 Å². The highest BCUT2D eigenvalue weighted by atomic mass is 16.5. The van der Waals surface area contributed by atoms with E-state index in [0.717, 1.165) is 12.0 Å². The lowest BCUT2D eigenvalue weighted by Gasteiger charge is -2.26. The summed E-state index contributed by atoms with van der Waals surface area (Å²) in [7, 11) is 0. The molecule has 1 atom stereocenters. The lowest BCUT2D eigenvalue weighted by atomic mass is 9.97. The van der Waals surface area contributed by atoms with Crippen molar-refractivity contribution in [3.05, 3.63) is 65.2 Å². The Morgan fingerprint density at radius 1 is 1.15 bits per heavy atom. The van der Waals surface area contributed by atoms with E-state index in [1.54, 1.807) is 24.3 Å². The number of ether oxygens (including phenoxy) is 1. The topological polar surface area (TPSA) is 87.7 Å². The largest absolute Gasteiger partial charge is 0.371 e. The first kappa shape index (κ1) is 17.2. The van der Waals surface area contributed by atoms with Crippen molar-refractivity contribution >= 4 is 23.5 Å². The van der Waals surface area contributed by atoms with Crippen LogP contribution in [0, 0.1) is 0 Å². The summed E-state index contributed by atoms with van der Waals surface area (Å²) in [6, 6.07) is 14.2. The van der Waals surface area contributed by atoms with Gasteiger partial charge in [-0.25, -0.2) is 4.79 Å². The third-order valence-electron chi connectivity index (χ3n) is 4.77. The molecular formula is C20H19N3O4. The Morgan fingerprint density at radius 3 is 2.67 bits per heavy atom. The van der Waals surface area contributed by atoms with Crippen LogP contribution in [0.15, 0.2) is 48.5 Å². The van der Waals surface area contributed by atoms with Crippen molar-refractivity contribution in [2.24, 2.45) is 0 Å². The van der Waals surface area contributed by atoms with Crippen molar-refractivity contribution < 1.29 is 19.1 Å². The maximum Gasteiger partial charge on any atom is 0.329 e. The zero-order chi connectivity index (χ0) is 18.8. The fourth-order valence-electron chi connectivity index (χ4n) is 3.38. The van der Waals surface area contributed by atoms with Crippen molar-refractivity contribution in [2.45, 2.75) is 12.5 Å². The van der Waals surface area contributed by atoms with Crippen molar-refractivity contribution in [3.63, 3.8) is 0 Å². The fourth-order valence-corrected chi connectivity index (χ4v) is 3.38. The van der Waals surface area contributed by atoms with Gasteiger partial charge in [0.05, 0.1) is 6.61 Å². The molecule has 1 fully saturated rings. The number of nitrogens with zero attached hydrogens (tertiary/aromatic N) is 1. The maximum absolute atomic E-state index is 12.4. The van der Waals surface area contributed by atoms with Crippen LogP contribution in [0.2, 0.25) is 0 Å². The normalized spacial score (nSPS) is 18.8. The van der Waals surface area contributed by atoms with Gasteiger partial charge in [0.2, 0.25) is 5.91 Å². The predicted molar refractivity (Wildman–Crippen MR) is 98.5 cm³/mol. The van der Waals surface area contributed by atoms with Gasteiger partial charge in [0, 0.05) is 17.8 Å². The predicted octanol–water partition coefficient (Wildman–Crippen LogP) is 1.79. The average molecular weight is 365 g/mol. The zero-order valence-corrected chi connectivity index (χ0v) is 14.6. The first-order valence-electron chi connectivity index (χ1n) is 8.81. The summed E-state index contributed by atoms with van der Waals surface area (Å²) in [6.45, 7) is 1.02. The molecule has 2 N–H and O–H groups in total. The first-order chi connectivity index (χ1) is 13.1. The maximum atomic E-state index is 12.4. The molecule has 0 spiro atoms. The van der Waals surface area contributed by atoms with E-state index in [4.69, 9.17) is 4.74 Å². The average Bonchev–Trinajstić information content (AvgIpc) is 3.04. The van der Waals surface area contributed by atoms with Crippen LogP contribution in [0.25, 0.3) is 0 Å². The van der Waals surface area contributed by atoms with Gasteiger partial charge in [-0.3, -0.25) is 19.8 Å². The molecule has 0 aliphatic carbocycles. The number of imide groups is 1. The summed E-state index contributed by atoms with van der Waals surface area (Å²) in [6.07, 6.45) is 0.728. The fraction of sp³-hybridized carbons (Fsp3) is 0.250. The van der Waals surface area contributed by atoms with Crippen molar-refractivity contribution in [1.82, 2.24) is 10.6 Å². The molecule has 0 saturated carbocycles. The Labute approximate surface area is 156 Å². The number of urea groups is 1. The van der Waals surface area contributed by atoms with Gasteiger partial charge in [0.15, 0.2) is 0 Å². The van der Waals surface area contributed by atoms with Gasteiger partial charge in [-0.05, 0) is 41.8 Å². The summed E-state index contributed by atoms with van der Waals surface area (Å²) in [5.41, 5.74) is 3.42. The number of carbonyl (C=O) groups is 3. The molecule has 2 aliphatic rings. The minimum absolute atomic E-state index is 0.0111. The molecule has 2 aromatic rings. The molecule has 7 heteroatoms. The Kier molecular flexibility index (Phi) is 4.60. The Hall–Kier alpha value is -3.19. The third-order valence-corrected chi connectivity index (χ3v) is 4.77. The molecular weight excluding hydrogens is 346 g/mol. The molecule has 4 rings (SSSR count). The summed E-state index contributed by atoms with van der Waals surface area (Å²) in [5.74, 6) is -0.551. The quantitative estimate of drug-likeness (QED) is 0.809. The van der Waals surface area contributed by atoms with E-state index >= 15 is 0 Å². The van der Waals surface area contributed by atoms with Gasteiger partial charge in [0.1, 0.15) is 12.6 Å². The molecule has 1 saturated heterocycles. The minimum atomic E-state index is -0.453. The third kappa shape index (κ3) is 3.54. The van der Waals surface area contributed by atoms with Gasteiger partial charge >= 0.3 is 6.03 Å². The number of anilines is 1. The first-order valence-corrected chi connectivity index (χ1v) is 8.81. The van der Waals surface area contributed by atoms with Gasteiger partial charge < -0.3 is 10.1 Å². The SMILES string of the molecule is O=C1CN(c2ccc(C(=O)NC[C@H]3OCCc4ccccc43)cc2)C(=O)N1. The molecule has 0 unspecified atom stereocenters. The smallest absolute Gasteiger partial charge is 0.329 e. The molecule has 27 heavy (non-hydrogen) atoms. The minimum Gasteiger partial charge on any atom is -0.371 e. The van der Waals surface area contributed by atoms with Crippen molar-refractivity contribution in [1.29, 1.82) is 0 Å².